The summed E-state index contributed by atoms with van der Waals surface area (Å²) in [5.74, 6) is -0.0515. The topological polar surface area (TPSA) is 186 Å². The minimum absolute atomic E-state index is 0.0176. The van der Waals surface area contributed by atoms with Gasteiger partial charge in [0, 0.05) is 36.7 Å². The van der Waals surface area contributed by atoms with E-state index in [1.54, 1.807) is 71.9 Å². The van der Waals surface area contributed by atoms with Gasteiger partial charge in [0.1, 0.15) is 16.7 Å². The first-order chi connectivity index (χ1) is 29.5. The molecule has 2 aromatic carbocycles. The number of rotatable bonds is 20. The van der Waals surface area contributed by atoms with Crippen LogP contribution in [0.2, 0.25) is 18.1 Å². The second-order valence-electron chi connectivity index (χ2n) is 20.9. The zero-order chi connectivity index (χ0) is 48.3. The standard InChI is InChI=1S/C48H73N3O12Si/c1-45(2,3)39(58-31-19-17-20-33-22-24-34(25-23-33)51(56)57)21-16-15-18-30-50(42(52)53)32-38(63-64(13,14)48(10,11)12)35-26-28-37(59-43(54)61-46(4,5)6)41-36(35)27-29-40(49-41)60-44(55)62-47(7,8)9/h22-29,38-39H,15-21,30-32H2,1-14H3,(H,52,53)/t38?,39-/m1/s1. The minimum atomic E-state index is -2.54. The number of nitro benzene ring substituents is 1. The number of ether oxygens (including phenoxy) is 5. The number of amides is 1. The molecule has 1 heterocycles. The van der Waals surface area contributed by atoms with Gasteiger partial charge in [-0.2, -0.15) is 0 Å². The molecule has 2 atom stereocenters. The Morgan fingerprint density at radius 3 is 1.94 bits per heavy atom. The van der Waals surface area contributed by atoms with Crippen LogP contribution < -0.4 is 9.47 Å². The van der Waals surface area contributed by atoms with Crippen LogP contribution in [0, 0.1) is 15.5 Å². The molecule has 0 saturated heterocycles. The number of non-ortho nitro benzene ring substituents is 1. The van der Waals surface area contributed by atoms with Gasteiger partial charge in [-0.15, -0.1) is 0 Å². The fourth-order valence-electron chi connectivity index (χ4n) is 6.55. The molecule has 0 aliphatic carbocycles. The van der Waals surface area contributed by atoms with E-state index in [1.165, 1.54) is 23.1 Å². The number of pyridine rings is 1. The van der Waals surface area contributed by atoms with Crippen molar-refractivity contribution in [1.82, 2.24) is 9.88 Å². The van der Waals surface area contributed by atoms with Crippen molar-refractivity contribution in [1.29, 1.82) is 0 Å². The molecule has 1 amide bonds. The number of hydrogen-bond donors (Lipinski definition) is 1. The summed E-state index contributed by atoms with van der Waals surface area (Å²) < 4.78 is 35.3. The molecular weight excluding hydrogens is 839 g/mol. The first-order valence-electron chi connectivity index (χ1n) is 22.2. The lowest BCUT2D eigenvalue weighted by Crippen LogP contribution is -2.45. The van der Waals surface area contributed by atoms with E-state index in [-0.39, 0.29) is 52.5 Å². The van der Waals surface area contributed by atoms with Gasteiger partial charge in [0.2, 0.25) is 5.88 Å². The van der Waals surface area contributed by atoms with Crippen molar-refractivity contribution in [2.75, 3.05) is 19.7 Å². The van der Waals surface area contributed by atoms with Gasteiger partial charge < -0.3 is 38.1 Å². The Bertz CT molecular complexity index is 2030. The van der Waals surface area contributed by atoms with E-state index < -0.39 is 49.0 Å². The summed E-state index contributed by atoms with van der Waals surface area (Å²) in [7, 11) is -2.54. The third-order valence-electron chi connectivity index (χ3n) is 10.9. The lowest BCUT2D eigenvalue weighted by molar-refractivity contribution is -0.384. The van der Waals surface area contributed by atoms with E-state index in [2.05, 4.69) is 59.6 Å². The molecule has 1 aromatic heterocycles. The van der Waals surface area contributed by atoms with Gasteiger partial charge in [0.15, 0.2) is 14.1 Å². The molecule has 356 valence electrons. The minimum Gasteiger partial charge on any atom is -0.465 e. The van der Waals surface area contributed by atoms with Crippen LogP contribution in [0.3, 0.4) is 0 Å². The normalized spacial score (nSPS) is 13.5. The maximum atomic E-state index is 12.9. The predicted octanol–water partition coefficient (Wildman–Crippen LogP) is 12.8. The fourth-order valence-corrected chi connectivity index (χ4v) is 7.81. The summed E-state index contributed by atoms with van der Waals surface area (Å²) in [5.41, 5.74) is 0.197. The Morgan fingerprint density at radius 2 is 1.39 bits per heavy atom. The molecule has 1 N–H and O–H groups in total. The number of carbonyl (C=O) groups excluding carboxylic acids is 2. The summed E-state index contributed by atoms with van der Waals surface area (Å²) >= 11 is 0. The maximum Gasteiger partial charge on any atom is 0.515 e. The van der Waals surface area contributed by atoms with Gasteiger partial charge in [-0.25, -0.2) is 19.4 Å². The first kappa shape index (κ1) is 53.5. The molecule has 0 saturated carbocycles. The molecule has 1 unspecified atom stereocenters. The predicted molar refractivity (Wildman–Crippen MR) is 250 cm³/mol. The van der Waals surface area contributed by atoms with E-state index >= 15 is 0 Å². The average Bonchev–Trinajstić information content (AvgIpc) is 3.13. The molecule has 15 nitrogen and oxygen atoms in total. The van der Waals surface area contributed by atoms with Gasteiger partial charge in [0.05, 0.1) is 23.7 Å². The monoisotopic (exact) mass is 911 g/mol. The highest BCUT2D eigenvalue weighted by molar-refractivity contribution is 6.74. The van der Waals surface area contributed by atoms with Crippen molar-refractivity contribution in [3.05, 3.63) is 69.8 Å². The van der Waals surface area contributed by atoms with Crippen molar-refractivity contribution >= 4 is 43.3 Å². The molecular formula is C48H73N3O12Si. The van der Waals surface area contributed by atoms with Gasteiger partial charge >= 0.3 is 18.4 Å². The first-order valence-corrected chi connectivity index (χ1v) is 25.1. The highest BCUT2D eigenvalue weighted by Crippen LogP contribution is 2.42. The Kier molecular flexibility index (Phi) is 18.7. The van der Waals surface area contributed by atoms with Crippen LogP contribution in [0.4, 0.5) is 20.1 Å². The van der Waals surface area contributed by atoms with Crippen molar-refractivity contribution in [3.8, 4) is 11.6 Å². The van der Waals surface area contributed by atoms with Crippen LogP contribution in [0.5, 0.6) is 11.6 Å². The molecule has 3 rings (SSSR count). The number of carboxylic acid groups (broad SMARTS) is 1. The van der Waals surface area contributed by atoms with Crippen molar-refractivity contribution in [2.45, 2.75) is 170 Å². The second kappa shape index (κ2) is 22.4. The van der Waals surface area contributed by atoms with Crippen molar-refractivity contribution < 1.29 is 52.5 Å². The number of unbranched alkanes of at least 4 members (excludes halogenated alkanes) is 3. The highest BCUT2D eigenvalue weighted by Gasteiger charge is 2.41. The second-order valence-corrected chi connectivity index (χ2v) is 25.6. The number of aromatic nitrogens is 1. The number of nitrogens with zero attached hydrogens (tertiary/aromatic N) is 3. The van der Waals surface area contributed by atoms with E-state index in [9.17, 15) is 29.6 Å². The summed E-state index contributed by atoms with van der Waals surface area (Å²) in [4.78, 5) is 55.0. The molecule has 0 spiro atoms. The van der Waals surface area contributed by atoms with E-state index in [0.717, 1.165) is 44.1 Å². The number of hydrogen-bond acceptors (Lipinski definition) is 12. The zero-order valence-electron chi connectivity index (χ0n) is 40.6. The van der Waals surface area contributed by atoms with Crippen LogP contribution in [0.1, 0.15) is 139 Å². The zero-order valence-corrected chi connectivity index (χ0v) is 41.6. The molecule has 64 heavy (non-hydrogen) atoms. The molecule has 0 aliphatic heterocycles. The summed E-state index contributed by atoms with van der Waals surface area (Å²) in [6.07, 6.45) is 1.96. The van der Waals surface area contributed by atoms with E-state index in [1.807, 2.05) is 0 Å². The van der Waals surface area contributed by atoms with Gasteiger partial charge in [-0.3, -0.25) is 10.1 Å². The average molecular weight is 912 g/mol. The van der Waals surface area contributed by atoms with E-state index in [0.29, 0.717) is 24.0 Å². The molecule has 0 bridgehead atoms. The number of nitro groups is 1. The molecule has 0 aliphatic rings. The smallest absolute Gasteiger partial charge is 0.465 e. The molecule has 16 heteroatoms. The Balaban J connectivity index is 1.81. The Labute approximate surface area is 380 Å². The van der Waals surface area contributed by atoms with Crippen LogP contribution >= 0.6 is 0 Å². The third-order valence-corrected chi connectivity index (χ3v) is 15.4. The summed E-state index contributed by atoms with van der Waals surface area (Å²) in [6, 6.07) is 13.2. The van der Waals surface area contributed by atoms with Crippen LogP contribution in [0.25, 0.3) is 10.9 Å². The van der Waals surface area contributed by atoms with Crippen molar-refractivity contribution in [2.24, 2.45) is 5.41 Å². The lowest BCUT2D eigenvalue weighted by atomic mass is 9.86. The lowest BCUT2D eigenvalue weighted by Gasteiger charge is -2.40. The van der Waals surface area contributed by atoms with E-state index in [4.69, 9.17) is 28.1 Å². The third kappa shape index (κ3) is 17.6. The van der Waals surface area contributed by atoms with Crippen LogP contribution in [0.15, 0.2) is 48.5 Å². The molecule has 0 radical (unpaired) electrons. The Morgan fingerprint density at radius 1 is 0.781 bits per heavy atom. The largest absolute Gasteiger partial charge is 0.515 e. The quantitative estimate of drug-likeness (QED) is 0.0282. The number of fused-ring (bicyclic) bond motifs is 1. The van der Waals surface area contributed by atoms with Crippen LogP contribution in [-0.4, -0.2) is 83.6 Å². The molecule has 3 aromatic rings. The number of carbonyl (C=O) groups is 3. The maximum absolute atomic E-state index is 12.9. The van der Waals surface area contributed by atoms with Crippen LogP contribution in [-0.2, 0) is 25.1 Å². The molecule has 0 fully saturated rings. The number of benzene rings is 2. The fraction of sp³-hybridized carbons (Fsp3) is 0.625. The number of aryl methyl sites for hydroxylation is 1. The van der Waals surface area contributed by atoms with Gasteiger partial charge in [0.25, 0.3) is 5.69 Å². The summed E-state index contributed by atoms with van der Waals surface area (Å²) in [6.45, 7) is 28.2. The Hall–Kier alpha value is -4.80. The SMILES string of the molecule is CC(C)(C)OC(=O)Oc1ccc2c(C(CN(CCCCC[C@@H](OCCCCc3ccc([N+](=O)[O-])cc3)C(C)(C)C)C(=O)O)O[Si](C)(C)C(C)(C)C)ccc(OC(=O)OC(C)(C)C)c2n1. The van der Waals surface area contributed by atoms with Gasteiger partial charge in [-0.1, -0.05) is 72.6 Å². The van der Waals surface area contributed by atoms with Gasteiger partial charge in [-0.05, 0) is 120 Å². The summed E-state index contributed by atoms with van der Waals surface area (Å²) in [5, 5.41) is 21.8. The van der Waals surface area contributed by atoms with Crippen molar-refractivity contribution in [3.63, 3.8) is 0 Å². The highest BCUT2D eigenvalue weighted by atomic mass is 28.4.